The third kappa shape index (κ3) is 5.57. The topological polar surface area (TPSA) is 47.0 Å². The fourth-order valence-electron chi connectivity index (χ4n) is 2.43. The predicted molar refractivity (Wildman–Crippen MR) is 114 cm³/mol. The second-order valence-corrected chi connectivity index (χ2v) is 9.49. The van der Waals surface area contributed by atoms with Crippen molar-refractivity contribution in [2.75, 3.05) is 0 Å². The van der Waals surface area contributed by atoms with Crippen molar-refractivity contribution in [1.82, 2.24) is 4.98 Å². The van der Waals surface area contributed by atoms with Crippen LogP contribution in [0.2, 0.25) is 0 Å². The standard InChI is InChI=1S/C14H15NO.C9H12OS/c1-14(2,3)13(16)11-6-7-12-10(9-11)5-4-8-15-12;1-9(2,3)8(10)7-5-4-6-11-7/h4-9H,1-3H3;4-6H,1-3H3. The number of nitrogens with zero attached hydrogens (tertiary/aromatic N) is 1. The molecule has 0 fully saturated rings. The van der Waals surface area contributed by atoms with Gasteiger partial charge in [-0.25, -0.2) is 0 Å². The molecule has 3 aromatic rings. The summed E-state index contributed by atoms with van der Waals surface area (Å²) in [5.74, 6) is 0.394. The van der Waals surface area contributed by atoms with Gasteiger partial charge in [0.05, 0.1) is 10.4 Å². The number of carbonyl (C=O) groups excluding carboxylic acids is 2. The maximum absolute atomic E-state index is 12.1. The van der Waals surface area contributed by atoms with Gasteiger partial charge >= 0.3 is 0 Å². The zero-order valence-corrected chi connectivity index (χ0v) is 17.7. The first kappa shape index (κ1) is 21.0. The molecule has 0 saturated heterocycles. The van der Waals surface area contributed by atoms with Crippen molar-refractivity contribution >= 4 is 33.8 Å². The largest absolute Gasteiger partial charge is 0.294 e. The molecule has 0 atom stereocenters. The number of Topliss-reactive ketones (excluding diaryl/α,β-unsaturated/α-hetero) is 2. The average Bonchev–Trinajstić information content (AvgIpc) is 3.13. The van der Waals surface area contributed by atoms with Crippen molar-refractivity contribution < 1.29 is 9.59 Å². The minimum atomic E-state index is -0.337. The van der Waals surface area contributed by atoms with E-state index in [1.807, 2.05) is 89.4 Å². The molecule has 0 radical (unpaired) electrons. The van der Waals surface area contributed by atoms with Crippen molar-refractivity contribution in [1.29, 1.82) is 0 Å². The summed E-state index contributed by atoms with van der Waals surface area (Å²) in [6, 6.07) is 13.3. The van der Waals surface area contributed by atoms with E-state index in [-0.39, 0.29) is 22.4 Å². The Hall–Kier alpha value is -2.33. The van der Waals surface area contributed by atoms with Gasteiger partial charge in [-0.05, 0) is 35.7 Å². The van der Waals surface area contributed by atoms with Crippen LogP contribution >= 0.6 is 11.3 Å². The van der Waals surface area contributed by atoms with Gasteiger partial charge in [0.2, 0.25) is 0 Å². The lowest BCUT2D eigenvalue weighted by Gasteiger charge is -2.16. The minimum absolute atomic E-state index is 0.165. The van der Waals surface area contributed by atoms with Crippen molar-refractivity contribution in [2.24, 2.45) is 10.8 Å². The fraction of sp³-hybridized carbons (Fsp3) is 0.348. The van der Waals surface area contributed by atoms with E-state index in [2.05, 4.69) is 4.98 Å². The zero-order valence-electron chi connectivity index (χ0n) is 16.9. The molecular weight excluding hydrogens is 354 g/mol. The molecule has 0 spiro atoms. The van der Waals surface area contributed by atoms with Crippen LogP contribution in [-0.4, -0.2) is 16.6 Å². The molecule has 0 bridgehead atoms. The van der Waals surface area contributed by atoms with Gasteiger partial charge in [-0.15, -0.1) is 11.3 Å². The number of benzene rings is 1. The number of hydrogen-bond donors (Lipinski definition) is 0. The van der Waals surface area contributed by atoms with Gasteiger partial charge in [0.15, 0.2) is 11.6 Å². The molecule has 2 aromatic heterocycles. The lowest BCUT2D eigenvalue weighted by molar-refractivity contribution is 0.0854. The molecule has 0 aliphatic rings. The lowest BCUT2D eigenvalue weighted by Crippen LogP contribution is -2.20. The summed E-state index contributed by atoms with van der Waals surface area (Å²) in [6.45, 7) is 11.6. The molecule has 27 heavy (non-hydrogen) atoms. The van der Waals surface area contributed by atoms with Gasteiger partial charge in [-0.1, -0.05) is 53.7 Å². The first-order chi connectivity index (χ1) is 12.5. The molecular formula is C23H27NO2S. The Bertz CT molecular complexity index is 929. The van der Waals surface area contributed by atoms with Crippen LogP contribution in [0, 0.1) is 10.8 Å². The highest BCUT2D eigenvalue weighted by Crippen LogP contribution is 2.24. The molecule has 0 aliphatic heterocycles. The van der Waals surface area contributed by atoms with Gasteiger partial charge in [-0.2, -0.15) is 0 Å². The Balaban J connectivity index is 0.000000208. The highest BCUT2D eigenvalue weighted by Gasteiger charge is 2.23. The Labute approximate surface area is 165 Å². The highest BCUT2D eigenvalue weighted by atomic mass is 32.1. The summed E-state index contributed by atoms with van der Waals surface area (Å²) in [4.78, 5) is 28.7. The number of ketones is 2. The molecule has 3 nitrogen and oxygen atoms in total. The third-order valence-corrected chi connectivity index (χ3v) is 4.84. The third-order valence-electron chi connectivity index (χ3n) is 3.97. The van der Waals surface area contributed by atoms with E-state index in [0.29, 0.717) is 0 Å². The van der Waals surface area contributed by atoms with E-state index >= 15 is 0 Å². The van der Waals surface area contributed by atoms with Crippen LogP contribution in [0.3, 0.4) is 0 Å². The second-order valence-electron chi connectivity index (χ2n) is 8.55. The first-order valence-electron chi connectivity index (χ1n) is 8.98. The number of aromatic nitrogens is 1. The Morgan fingerprint density at radius 3 is 2.07 bits per heavy atom. The summed E-state index contributed by atoms with van der Waals surface area (Å²) >= 11 is 1.51. The van der Waals surface area contributed by atoms with Crippen molar-refractivity contribution in [3.8, 4) is 0 Å². The number of pyridine rings is 1. The van der Waals surface area contributed by atoms with E-state index in [9.17, 15) is 9.59 Å². The summed E-state index contributed by atoms with van der Waals surface area (Å²) in [7, 11) is 0. The van der Waals surface area contributed by atoms with Gasteiger partial charge in [0, 0.05) is 28.0 Å². The highest BCUT2D eigenvalue weighted by molar-refractivity contribution is 7.12. The number of rotatable bonds is 2. The van der Waals surface area contributed by atoms with Crippen LogP contribution in [0.15, 0.2) is 54.0 Å². The molecule has 3 rings (SSSR count). The SMILES string of the molecule is CC(C)(C)C(=O)c1ccc2ncccc2c1.CC(C)(C)C(=O)c1cccs1. The molecule has 1 aromatic carbocycles. The lowest BCUT2D eigenvalue weighted by atomic mass is 9.86. The summed E-state index contributed by atoms with van der Waals surface area (Å²) in [6.07, 6.45) is 1.76. The molecule has 2 heterocycles. The monoisotopic (exact) mass is 381 g/mol. The van der Waals surface area contributed by atoms with Gasteiger partial charge in [0.1, 0.15) is 0 Å². The summed E-state index contributed by atoms with van der Waals surface area (Å²) < 4.78 is 0. The van der Waals surface area contributed by atoms with Crippen LogP contribution in [0.4, 0.5) is 0 Å². The average molecular weight is 382 g/mol. The van der Waals surface area contributed by atoms with Gasteiger partial charge in [0.25, 0.3) is 0 Å². The molecule has 0 N–H and O–H groups in total. The smallest absolute Gasteiger partial charge is 0.178 e. The second kappa shape index (κ2) is 8.13. The Morgan fingerprint density at radius 1 is 0.852 bits per heavy atom. The first-order valence-corrected chi connectivity index (χ1v) is 9.86. The van der Waals surface area contributed by atoms with Crippen LogP contribution in [0.25, 0.3) is 10.9 Å². The summed E-state index contributed by atoms with van der Waals surface area (Å²) in [5.41, 5.74) is 1.10. The van der Waals surface area contributed by atoms with Crippen molar-refractivity contribution in [3.05, 3.63) is 64.5 Å². The fourth-order valence-corrected chi connectivity index (χ4v) is 3.30. The van der Waals surface area contributed by atoms with Gasteiger partial charge < -0.3 is 0 Å². The minimum Gasteiger partial charge on any atom is -0.294 e. The number of thiophene rings is 1. The predicted octanol–water partition coefficient (Wildman–Crippen LogP) is 6.44. The number of hydrogen-bond acceptors (Lipinski definition) is 4. The van der Waals surface area contributed by atoms with E-state index in [1.54, 1.807) is 6.20 Å². The van der Waals surface area contributed by atoms with E-state index in [4.69, 9.17) is 0 Å². The number of fused-ring (bicyclic) bond motifs is 1. The maximum Gasteiger partial charge on any atom is 0.178 e. The van der Waals surface area contributed by atoms with E-state index in [1.165, 1.54) is 11.3 Å². The quantitative estimate of drug-likeness (QED) is 0.480. The Kier molecular flexibility index (Phi) is 6.32. The Morgan fingerprint density at radius 2 is 1.52 bits per heavy atom. The maximum atomic E-state index is 12.1. The van der Waals surface area contributed by atoms with Crippen LogP contribution in [0.5, 0.6) is 0 Å². The molecule has 0 aliphatic carbocycles. The summed E-state index contributed by atoms with van der Waals surface area (Å²) in [5, 5.41) is 2.94. The molecule has 0 saturated carbocycles. The molecule has 142 valence electrons. The zero-order chi connectivity index (χ0) is 20.2. The van der Waals surface area contributed by atoms with Crippen LogP contribution < -0.4 is 0 Å². The number of carbonyl (C=O) groups is 2. The normalized spacial score (nSPS) is 11.6. The molecule has 0 unspecified atom stereocenters. The van der Waals surface area contributed by atoms with Crippen LogP contribution in [0.1, 0.15) is 61.6 Å². The van der Waals surface area contributed by atoms with E-state index < -0.39 is 0 Å². The van der Waals surface area contributed by atoms with Crippen LogP contribution in [-0.2, 0) is 0 Å². The van der Waals surface area contributed by atoms with Gasteiger partial charge in [-0.3, -0.25) is 14.6 Å². The molecule has 4 heteroatoms. The molecule has 0 amide bonds. The van der Waals surface area contributed by atoms with E-state index in [0.717, 1.165) is 21.3 Å². The van der Waals surface area contributed by atoms with Crippen molar-refractivity contribution in [2.45, 2.75) is 41.5 Å². The van der Waals surface area contributed by atoms with Crippen molar-refractivity contribution in [3.63, 3.8) is 0 Å².